The first-order valence-corrected chi connectivity index (χ1v) is 8.73. The van der Waals surface area contributed by atoms with Gasteiger partial charge in [0.2, 0.25) is 10.0 Å². The summed E-state index contributed by atoms with van der Waals surface area (Å²) in [4.78, 5) is 10.3. The van der Waals surface area contributed by atoms with Crippen molar-refractivity contribution in [3.8, 4) is 5.75 Å². The Morgan fingerprint density at radius 3 is 2.68 bits per heavy atom. The fourth-order valence-electron chi connectivity index (χ4n) is 2.40. The molecule has 1 aromatic carbocycles. The predicted molar refractivity (Wildman–Crippen MR) is 79.7 cm³/mol. The van der Waals surface area contributed by atoms with Crippen LogP contribution in [0.15, 0.2) is 21.5 Å². The van der Waals surface area contributed by atoms with E-state index in [9.17, 15) is 17.6 Å². The van der Waals surface area contributed by atoms with Crippen molar-refractivity contribution in [3.05, 3.63) is 22.4 Å². The molecule has 122 valence electrons. The second kappa shape index (κ2) is 6.13. The van der Waals surface area contributed by atoms with Crippen LogP contribution < -0.4 is 9.46 Å². The van der Waals surface area contributed by atoms with Crippen LogP contribution in [0.5, 0.6) is 5.75 Å². The van der Waals surface area contributed by atoms with Gasteiger partial charge >= 0.3 is 5.97 Å². The molecule has 3 atom stereocenters. The largest absolute Gasteiger partial charge is 0.494 e. The van der Waals surface area contributed by atoms with Gasteiger partial charge in [-0.3, -0.25) is 4.79 Å². The van der Waals surface area contributed by atoms with E-state index in [-0.39, 0.29) is 11.7 Å². The SMILES string of the molecule is COc1c(Br)ccc(F)c1S(=O)(=O)NC(C)[C@@H]1C[C@H]1C(=O)O. The quantitative estimate of drug-likeness (QED) is 0.767. The first-order chi connectivity index (χ1) is 10.2. The van der Waals surface area contributed by atoms with Crippen LogP contribution in [-0.2, 0) is 14.8 Å². The van der Waals surface area contributed by atoms with Gasteiger partial charge in [-0.1, -0.05) is 0 Å². The normalized spacial score (nSPS) is 22.2. The monoisotopic (exact) mass is 395 g/mol. The summed E-state index contributed by atoms with van der Waals surface area (Å²) >= 11 is 3.11. The van der Waals surface area contributed by atoms with E-state index >= 15 is 0 Å². The van der Waals surface area contributed by atoms with E-state index in [2.05, 4.69) is 20.7 Å². The van der Waals surface area contributed by atoms with Crippen LogP contribution >= 0.6 is 15.9 Å². The zero-order chi connectivity index (χ0) is 16.7. The third-order valence-corrected chi connectivity index (χ3v) is 5.85. The summed E-state index contributed by atoms with van der Waals surface area (Å²) < 4.78 is 46.4. The molecule has 0 amide bonds. The molecule has 2 N–H and O–H groups in total. The number of hydrogen-bond donors (Lipinski definition) is 2. The molecule has 6 nitrogen and oxygen atoms in total. The number of halogens is 2. The van der Waals surface area contributed by atoms with Crippen molar-refractivity contribution in [2.24, 2.45) is 11.8 Å². The van der Waals surface area contributed by atoms with E-state index in [4.69, 9.17) is 9.84 Å². The van der Waals surface area contributed by atoms with Crippen LogP contribution in [0.2, 0.25) is 0 Å². The van der Waals surface area contributed by atoms with Gasteiger partial charge in [0.25, 0.3) is 0 Å². The molecule has 9 heteroatoms. The highest BCUT2D eigenvalue weighted by atomic mass is 79.9. The molecular formula is C13H15BrFNO5S. The number of hydrogen-bond acceptors (Lipinski definition) is 4. The van der Waals surface area contributed by atoms with Crippen LogP contribution in [0.4, 0.5) is 4.39 Å². The summed E-state index contributed by atoms with van der Waals surface area (Å²) in [6.45, 7) is 1.56. The van der Waals surface area contributed by atoms with Crippen molar-refractivity contribution in [1.29, 1.82) is 0 Å². The molecule has 0 radical (unpaired) electrons. The second-order valence-electron chi connectivity index (χ2n) is 5.15. The van der Waals surface area contributed by atoms with Gasteiger partial charge in [-0.2, -0.15) is 0 Å². The Hall–Kier alpha value is -1.19. The molecule has 2 rings (SSSR count). The molecule has 1 aliphatic carbocycles. The number of rotatable bonds is 6. The number of benzene rings is 1. The minimum Gasteiger partial charge on any atom is -0.494 e. The maximum atomic E-state index is 14.0. The molecule has 0 spiro atoms. The number of aliphatic carboxylic acids is 1. The molecule has 1 aliphatic rings. The average molecular weight is 396 g/mol. The molecule has 22 heavy (non-hydrogen) atoms. The topological polar surface area (TPSA) is 92.7 Å². The lowest BCUT2D eigenvalue weighted by atomic mass is 10.2. The Morgan fingerprint density at radius 2 is 2.18 bits per heavy atom. The van der Waals surface area contributed by atoms with Gasteiger partial charge in [-0.15, -0.1) is 0 Å². The van der Waals surface area contributed by atoms with Gasteiger partial charge in [0.1, 0.15) is 5.82 Å². The van der Waals surface area contributed by atoms with Crippen molar-refractivity contribution < 1.29 is 27.4 Å². The maximum absolute atomic E-state index is 14.0. The number of carbonyl (C=O) groups is 1. The third-order valence-electron chi connectivity index (χ3n) is 3.63. The second-order valence-corrected chi connectivity index (χ2v) is 7.65. The summed E-state index contributed by atoms with van der Waals surface area (Å²) in [5.41, 5.74) is 0. The van der Waals surface area contributed by atoms with Gasteiger partial charge in [0.05, 0.1) is 17.5 Å². The molecule has 1 fully saturated rings. The third kappa shape index (κ3) is 3.26. The number of carboxylic acids is 1. The minimum absolute atomic E-state index is 0.134. The van der Waals surface area contributed by atoms with Crippen LogP contribution in [0, 0.1) is 17.7 Å². The Labute approximate surface area is 135 Å². The summed E-state index contributed by atoms with van der Waals surface area (Å²) in [5, 5.41) is 8.89. The first-order valence-electron chi connectivity index (χ1n) is 6.46. The van der Waals surface area contributed by atoms with Crippen molar-refractivity contribution in [1.82, 2.24) is 4.72 Å². The highest BCUT2D eigenvalue weighted by Crippen LogP contribution is 2.42. The van der Waals surface area contributed by atoms with E-state index in [0.717, 1.165) is 6.07 Å². The Balaban J connectivity index is 2.29. The number of methoxy groups -OCH3 is 1. The lowest BCUT2D eigenvalue weighted by Gasteiger charge is -2.17. The van der Waals surface area contributed by atoms with Crippen molar-refractivity contribution >= 4 is 31.9 Å². The van der Waals surface area contributed by atoms with Gasteiger partial charge < -0.3 is 9.84 Å². The number of sulfonamides is 1. The minimum atomic E-state index is -4.18. The number of carboxylic acid groups (broad SMARTS) is 1. The zero-order valence-electron chi connectivity index (χ0n) is 11.8. The summed E-state index contributed by atoms with van der Waals surface area (Å²) in [5.74, 6) is -2.89. The molecule has 0 bridgehead atoms. The van der Waals surface area contributed by atoms with E-state index in [1.54, 1.807) is 6.92 Å². The maximum Gasteiger partial charge on any atom is 0.306 e. The number of ether oxygens (including phenoxy) is 1. The number of nitrogens with one attached hydrogen (secondary N) is 1. The zero-order valence-corrected chi connectivity index (χ0v) is 14.2. The fraction of sp³-hybridized carbons (Fsp3) is 0.462. The first kappa shape index (κ1) is 17.2. The van der Waals surface area contributed by atoms with Crippen LogP contribution in [0.3, 0.4) is 0 Å². The van der Waals surface area contributed by atoms with E-state index < -0.39 is 38.7 Å². The standard InChI is InChI=1S/C13H15BrFNO5S/c1-6(7-5-8(7)13(17)18)16-22(19,20)12-10(15)4-3-9(14)11(12)21-2/h3-4,6-8,16H,5H2,1-2H3,(H,17,18)/t6?,7-,8+/m0/s1. The molecule has 0 aliphatic heterocycles. The Bertz CT molecular complexity index is 709. The molecule has 1 aromatic rings. The smallest absolute Gasteiger partial charge is 0.306 e. The molecule has 1 saturated carbocycles. The van der Waals surface area contributed by atoms with Gasteiger partial charge in [-0.05, 0) is 47.3 Å². The molecule has 0 aromatic heterocycles. The summed E-state index contributed by atoms with van der Waals surface area (Å²) in [6, 6.07) is 1.75. The van der Waals surface area contributed by atoms with Crippen LogP contribution in [-0.4, -0.2) is 32.6 Å². The summed E-state index contributed by atoms with van der Waals surface area (Å²) in [7, 11) is -2.94. The highest BCUT2D eigenvalue weighted by molar-refractivity contribution is 9.10. The van der Waals surface area contributed by atoms with Crippen molar-refractivity contribution in [2.45, 2.75) is 24.3 Å². The average Bonchev–Trinajstić information content (AvgIpc) is 3.20. The summed E-state index contributed by atoms with van der Waals surface area (Å²) in [6.07, 6.45) is 0.400. The Kier molecular flexibility index (Phi) is 4.78. The van der Waals surface area contributed by atoms with Gasteiger partial charge in [0.15, 0.2) is 10.6 Å². The van der Waals surface area contributed by atoms with E-state index in [1.165, 1.54) is 13.2 Å². The lowest BCUT2D eigenvalue weighted by Crippen LogP contribution is -2.35. The van der Waals surface area contributed by atoms with E-state index in [1.807, 2.05) is 0 Å². The Morgan fingerprint density at radius 1 is 1.55 bits per heavy atom. The van der Waals surface area contributed by atoms with Crippen molar-refractivity contribution in [3.63, 3.8) is 0 Å². The fourth-order valence-corrected chi connectivity index (χ4v) is 4.57. The van der Waals surface area contributed by atoms with E-state index in [0.29, 0.717) is 10.9 Å². The molecular weight excluding hydrogens is 381 g/mol. The van der Waals surface area contributed by atoms with Gasteiger partial charge in [-0.25, -0.2) is 17.5 Å². The molecule has 0 saturated heterocycles. The highest BCUT2D eigenvalue weighted by Gasteiger charge is 2.47. The molecule has 1 unspecified atom stereocenters. The molecule has 0 heterocycles. The van der Waals surface area contributed by atoms with Crippen molar-refractivity contribution in [2.75, 3.05) is 7.11 Å². The lowest BCUT2D eigenvalue weighted by molar-refractivity contribution is -0.138. The van der Waals surface area contributed by atoms with Gasteiger partial charge in [0, 0.05) is 6.04 Å². The van der Waals surface area contributed by atoms with Crippen LogP contribution in [0.25, 0.3) is 0 Å². The predicted octanol–water partition coefficient (Wildman–Crippen LogP) is 1.98. The van der Waals surface area contributed by atoms with Crippen LogP contribution in [0.1, 0.15) is 13.3 Å².